The summed E-state index contributed by atoms with van der Waals surface area (Å²) < 4.78 is 10.7. The average Bonchev–Trinajstić information content (AvgIpc) is 2.55. The summed E-state index contributed by atoms with van der Waals surface area (Å²) in [5.41, 5.74) is 2.86. The van der Waals surface area contributed by atoms with Crippen LogP contribution >= 0.6 is 0 Å². The van der Waals surface area contributed by atoms with E-state index in [4.69, 9.17) is 9.47 Å². The van der Waals surface area contributed by atoms with Crippen LogP contribution in [0.3, 0.4) is 0 Å². The second-order valence-corrected chi connectivity index (χ2v) is 4.78. The Hall–Kier alpha value is -2.29. The minimum atomic E-state index is -0.375. The first-order valence-electron chi connectivity index (χ1n) is 7.16. The first-order chi connectivity index (χ1) is 10.2. The first-order valence-corrected chi connectivity index (χ1v) is 7.16. The number of methoxy groups -OCH3 is 1. The van der Waals surface area contributed by atoms with Crippen molar-refractivity contribution in [1.29, 1.82) is 0 Å². The van der Waals surface area contributed by atoms with Crippen LogP contribution in [0.5, 0.6) is 11.5 Å². The van der Waals surface area contributed by atoms with E-state index in [0.717, 1.165) is 18.4 Å². The second-order valence-electron chi connectivity index (χ2n) is 4.78. The normalized spacial score (nSPS) is 10.2. The molecule has 0 aliphatic rings. The highest BCUT2D eigenvalue weighted by atomic mass is 16.6. The van der Waals surface area contributed by atoms with Crippen molar-refractivity contribution < 1.29 is 14.3 Å². The molecule has 3 heteroatoms. The molecule has 0 radical (unpaired) electrons. The Morgan fingerprint density at radius 2 is 1.52 bits per heavy atom. The number of carbonyl (C=O) groups excluding carboxylic acids is 1. The van der Waals surface area contributed by atoms with E-state index in [9.17, 15) is 4.79 Å². The fraction of sp³-hybridized carbons (Fsp3) is 0.278. The smallest absolute Gasteiger partial charge is 0.343 e. The molecule has 0 aliphatic carbocycles. The summed E-state index contributed by atoms with van der Waals surface area (Å²) in [6.45, 7) is 4.14. The molecule has 0 spiro atoms. The summed E-state index contributed by atoms with van der Waals surface area (Å²) in [5, 5.41) is 0. The SMILES string of the molecule is CCc1ccc(C(=O)Oc2ccc(CC)cc2OC)cc1. The summed E-state index contributed by atoms with van der Waals surface area (Å²) in [4.78, 5) is 12.2. The Morgan fingerprint density at radius 3 is 2.10 bits per heavy atom. The maximum absolute atomic E-state index is 12.2. The van der Waals surface area contributed by atoms with Crippen LogP contribution in [0.1, 0.15) is 35.3 Å². The lowest BCUT2D eigenvalue weighted by Crippen LogP contribution is -2.09. The van der Waals surface area contributed by atoms with Crippen LogP contribution in [0, 0.1) is 0 Å². The van der Waals surface area contributed by atoms with Crippen LogP contribution in [0.25, 0.3) is 0 Å². The molecule has 3 nitrogen and oxygen atoms in total. The molecule has 0 aromatic heterocycles. The van der Waals surface area contributed by atoms with E-state index in [2.05, 4.69) is 13.8 Å². The van der Waals surface area contributed by atoms with E-state index in [-0.39, 0.29) is 5.97 Å². The third kappa shape index (κ3) is 3.63. The lowest BCUT2D eigenvalue weighted by molar-refractivity contribution is 0.0729. The zero-order valence-corrected chi connectivity index (χ0v) is 12.7. The predicted octanol–water partition coefficient (Wildman–Crippen LogP) is 4.04. The molecule has 0 aliphatic heterocycles. The topological polar surface area (TPSA) is 35.5 Å². The molecule has 0 saturated heterocycles. The second kappa shape index (κ2) is 6.93. The maximum atomic E-state index is 12.2. The monoisotopic (exact) mass is 284 g/mol. The van der Waals surface area contributed by atoms with Gasteiger partial charge >= 0.3 is 5.97 Å². The molecule has 0 saturated carbocycles. The van der Waals surface area contributed by atoms with Crippen molar-refractivity contribution in [3.63, 3.8) is 0 Å². The molecule has 0 amide bonds. The van der Waals surface area contributed by atoms with Crippen molar-refractivity contribution in [3.8, 4) is 11.5 Å². The molecule has 0 fully saturated rings. The molecule has 21 heavy (non-hydrogen) atoms. The zero-order chi connectivity index (χ0) is 15.2. The van der Waals surface area contributed by atoms with Gasteiger partial charge < -0.3 is 9.47 Å². The quantitative estimate of drug-likeness (QED) is 0.614. The zero-order valence-electron chi connectivity index (χ0n) is 12.7. The number of aryl methyl sites for hydroxylation is 2. The van der Waals surface area contributed by atoms with Crippen molar-refractivity contribution in [1.82, 2.24) is 0 Å². The van der Waals surface area contributed by atoms with Crippen molar-refractivity contribution in [2.24, 2.45) is 0 Å². The van der Waals surface area contributed by atoms with Crippen LogP contribution < -0.4 is 9.47 Å². The van der Waals surface area contributed by atoms with Crippen LogP contribution in [-0.4, -0.2) is 13.1 Å². The van der Waals surface area contributed by atoms with Crippen LogP contribution in [-0.2, 0) is 12.8 Å². The van der Waals surface area contributed by atoms with Gasteiger partial charge in [-0.05, 0) is 48.2 Å². The van der Waals surface area contributed by atoms with Crippen molar-refractivity contribution in [2.45, 2.75) is 26.7 Å². The van der Waals surface area contributed by atoms with Gasteiger partial charge in [-0.15, -0.1) is 0 Å². The van der Waals surface area contributed by atoms with Gasteiger partial charge in [0.2, 0.25) is 0 Å². The van der Waals surface area contributed by atoms with E-state index < -0.39 is 0 Å². The molecular weight excluding hydrogens is 264 g/mol. The largest absolute Gasteiger partial charge is 0.493 e. The number of esters is 1. The van der Waals surface area contributed by atoms with Gasteiger partial charge in [0.05, 0.1) is 12.7 Å². The van der Waals surface area contributed by atoms with Crippen molar-refractivity contribution >= 4 is 5.97 Å². The van der Waals surface area contributed by atoms with Gasteiger partial charge in [-0.2, -0.15) is 0 Å². The Morgan fingerprint density at radius 1 is 0.905 bits per heavy atom. The third-order valence-corrected chi connectivity index (χ3v) is 3.44. The Kier molecular flexibility index (Phi) is 4.99. The highest BCUT2D eigenvalue weighted by Crippen LogP contribution is 2.29. The van der Waals surface area contributed by atoms with Crippen molar-refractivity contribution in [3.05, 3.63) is 59.2 Å². The van der Waals surface area contributed by atoms with Gasteiger partial charge in [-0.25, -0.2) is 4.79 Å². The highest BCUT2D eigenvalue weighted by Gasteiger charge is 2.12. The van der Waals surface area contributed by atoms with Gasteiger partial charge in [0.15, 0.2) is 11.5 Å². The number of benzene rings is 2. The number of ether oxygens (including phenoxy) is 2. The molecule has 0 heterocycles. The minimum Gasteiger partial charge on any atom is -0.493 e. The van der Waals surface area contributed by atoms with Crippen LogP contribution in [0.2, 0.25) is 0 Å². The Labute approximate surface area is 125 Å². The van der Waals surface area contributed by atoms with E-state index in [1.807, 2.05) is 24.3 Å². The molecule has 0 bridgehead atoms. The summed E-state index contributed by atoms with van der Waals surface area (Å²) in [5.74, 6) is 0.646. The first kappa shape index (κ1) is 15.1. The molecule has 0 N–H and O–H groups in total. The minimum absolute atomic E-state index is 0.375. The van der Waals surface area contributed by atoms with Gasteiger partial charge in [-0.3, -0.25) is 0 Å². The van der Waals surface area contributed by atoms with E-state index in [0.29, 0.717) is 17.1 Å². The van der Waals surface area contributed by atoms with Gasteiger partial charge in [0.1, 0.15) is 0 Å². The molecule has 2 aromatic carbocycles. The molecule has 2 rings (SSSR count). The fourth-order valence-corrected chi connectivity index (χ4v) is 2.05. The van der Waals surface area contributed by atoms with Gasteiger partial charge in [0, 0.05) is 0 Å². The van der Waals surface area contributed by atoms with Crippen LogP contribution in [0.4, 0.5) is 0 Å². The van der Waals surface area contributed by atoms with Gasteiger partial charge in [-0.1, -0.05) is 32.0 Å². The number of hydrogen-bond donors (Lipinski definition) is 0. The van der Waals surface area contributed by atoms with Gasteiger partial charge in [0.25, 0.3) is 0 Å². The molecule has 2 aromatic rings. The predicted molar refractivity (Wildman–Crippen MR) is 83.2 cm³/mol. The third-order valence-electron chi connectivity index (χ3n) is 3.44. The lowest BCUT2D eigenvalue weighted by Gasteiger charge is -2.10. The van der Waals surface area contributed by atoms with E-state index in [1.165, 1.54) is 5.56 Å². The standard InChI is InChI=1S/C18H20O3/c1-4-13-6-9-15(10-7-13)18(19)21-16-11-8-14(5-2)12-17(16)20-3/h6-12H,4-5H2,1-3H3. The van der Waals surface area contributed by atoms with Crippen molar-refractivity contribution in [2.75, 3.05) is 7.11 Å². The number of carbonyl (C=O) groups is 1. The van der Waals surface area contributed by atoms with E-state index in [1.54, 1.807) is 25.3 Å². The summed E-state index contributed by atoms with van der Waals surface area (Å²) in [6.07, 6.45) is 1.85. The number of rotatable bonds is 5. The Balaban J connectivity index is 2.18. The maximum Gasteiger partial charge on any atom is 0.343 e. The summed E-state index contributed by atoms with van der Waals surface area (Å²) in [7, 11) is 1.57. The average molecular weight is 284 g/mol. The fourth-order valence-electron chi connectivity index (χ4n) is 2.05. The molecule has 0 unspecified atom stereocenters. The summed E-state index contributed by atoms with van der Waals surface area (Å²) >= 11 is 0. The van der Waals surface area contributed by atoms with Crippen LogP contribution in [0.15, 0.2) is 42.5 Å². The number of hydrogen-bond acceptors (Lipinski definition) is 3. The summed E-state index contributed by atoms with van der Waals surface area (Å²) in [6, 6.07) is 13.0. The molecule has 110 valence electrons. The molecular formula is C18H20O3. The lowest BCUT2D eigenvalue weighted by atomic mass is 10.1. The molecule has 0 atom stereocenters. The highest BCUT2D eigenvalue weighted by molar-refractivity contribution is 5.91. The van der Waals surface area contributed by atoms with E-state index >= 15 is 0 Å². The Bertz CT molecular complexity index is 615.